The fraction of sp³-hybridized carbons (Fsp3) is 0.400. The van der Waals surface area contributed by atoms with Crippen molar-refractivity contribution >= 4 is 41.5 Å². The first kappa shape index (κ1) is 22.7. The fourth-order valence-corrected chi connectivity index (χ4v) is 2.69. The van der Waals surface area contributed by atoms with Crippen LogP contribution in [0.3, 0.4) is 0 Å². The van der Waals surface area contributed by atoms with Gasteiger partial charge in [-0.1, -0.05) is 23.7 Å². The summed E-state index contributed by atoms with van der Waals surface area (Å²) in [6.07, 6.45) is 4.07. The van der Waals surface area contributed by atoms with Crippen molar-refractivity contribution in [2.24, 2.45) is 10.9 Å². The Hall–Kier alpha value is -1.61. The predicted molar refractivity (Wildman–Crippen MR) is 121 cm³/mol. The molecule has 3 rings (SSSR count). The Morgan fingerprint density at radius 1 is 1.36 bits per heavy atom. The van der Waals surface area contributed by atoms with Crippen LogP contribution >= 0.6 is 35.6 Å². The zero-order chi connectivity index (χ0) is 19.2. The van der Waals surface area contributed by atoms with Gasteiger partial charge in [-0.15, -0.1) is 24.0 Å². The number of pyridine rings is 1. The highest BCUT2D eigenvalue weighted by atomic mass is 127. The van der Waals surface area contributed by atoms with Crippen molar-refractivity contribution in [2.45, 2.75) is 32.4 Å². The van der Waals surface area contributed by atoms with Gasteiger partial charge in [0.25, 0.3) is 0 Å². The third kappa shape index (κ3) is 6.77. The monoisotopic (exact) mass is 518 g/mol. The third-order valence-electron chi connectivity index (χ3n) is 4.45. The second kappa shape index (κ2) is 10.8. The minimum Gasteiger partial charge on any atom is -0.490 e. The van der Waals surface area contributed by atoms with Gasteiger partial charge in [0, 0.05) is 19.8 Å². The number of nitrogens with one attached hydrogen (secondary N) is 2. The highest BCUT2D eigenvalue weighted by Gasteiger charge is 2.22. The summed E-state index contributed by atoms with van der Waals surface area (Å²) >= 11 is 5.79. The molecule has 2 aromatic rings. The van der Waals surface area contributed by atoms with Gasteiger partial charge in [0.1, 0.15) is 5.15 Å². The Morgan fingerprint density at radius 3 is 2.75 bits per heavy atom. The molecule has 5 nitrogen and oxygen atoms in total. The topological polar surface area (TPSA) is 58.5 Å². The van der Waals surface area contributed by atoms with Gasteiger partial charge in [0.05, 0.1) is 12.6 Å². The van der Waals surface area contributed by atoms with E-state index in [2.05, 4.69) is 20.6 Å². The Morgan fingerprint density at radius 2 is 2.14 bits per heavy atom. The standard InChI is InChI=1S/C20H24ClFN4O.HI/c1-13(16-6-7-18(17(22)9-16)27-12-14-3-4-14)26-20(23-2)25-11-15-5-8-19(21)24-10-15;/h5-10,13-14H,3-4,11-12H2,1-2H3,(H2,23,25,26);1H. The lowest BCUT2D eigenvalue weighted by molar-refractivity contribution is 0.285. The van der Waals surface area contributed by atoms with Crippen LogP contribution in [-0.4, -0.2) is 24.6 Å². The second-order valence-electron chi connectivity index (χ2n) is 6.73. The summed E-state index contributed by atoms with van der Waals surface area (Å²) in [6, 6.07) is 8.60. The molecule has 8 heteroatoms. The molecule has 1 aliphatic rings. The van der Waals surface area contributed by atoms with Crippen molar-refractivity contribution in [2.75, 3.05) is 13.7 Å². The molecular formula is C20H25ClFIN4O. The quantitative estimate of drug-likeness (QED) is 0.241. The second-order valence-corrected chi connectivity index (χ2v) is 7.11. The van der Waals surface area contributed by atoms with Gasteiger partial charge in [-0.25, -0.2) is 9.37 Å². The van der Waals surface area contributed by atoms with Gasteiger partial charge in [0.2, 0.25) is 0 Å². The van der Waals surface area contributed by atoms with Crippen molar-refractivity contribution < 1.29 is 9.13 Å². The molecule has 1 unspecified atom stereocenters. The van der Waals surface area contributed by atoms with Gasteiger partial charge in [-0.2, -0.15) is 0 Å². The van der Waals surface area contributed by atoms with Gasteiger partial charge in [0.15, 0.2) is 17.5 Å². The molecule has 1 fully saturated rings. The predicted octanol–water partition coefficient (Wildman–Crippen LogP) is 4.71. The number of hydrogen-bond acceptors (Lipinski definition) is 3. The van der Waals surface area contributed by atoms with Crippen LogP contribution in [0.2, 0.25) is 5.15 Å². The number of nitrogens with zero attached hydrogens (tertiary/aromatic N) is 2. The average Bonchev–Trinajstić information content (AvgIpc) is 3.49. The Labute approximate surface area is 187 Å². The molecule has 1 heterocycles. The van der Waals surface area contributed by atoms with E-state index in [4.69, 9.17) is 16.3 Å². The molecule has 1 aromatic carbocycles. The van der Waals surface area contributed by atoms with E-state index in [9.17, 15) is 4.39 Å². The zero-order valence-corrected chi connectivity index (χ0v) is 19.0. The molecule has 1 saturated carbocycles. The average molecular weight is 519 g/mol. The first-order chi connectivity index (χ1) is 13.0. The van der Waals surface area contributed by atoms with E-state index in [1.807, 2.05) is 19.1 Å². The summed E-state index contributed by atoms with van der Waals surface area (Å²) in [6.45, 7) is 3.11. The molecule has 1 atom stereocenters. The summed E-state index contributed by atoms with van der Waals surface area (Å²) < 4.78 is 19.8. The maximum atomic E-state index is 14.3. The molecular weight excluding hydrogens is 494 g/mol. The number of hydrogen-bond donors (Lipinski definition) is 2. The SMILES string of the molecule is CN=C(NCc1ccc(Cl)nc1)NC(C)c1ccc(OCC2CC2)c(F)c1.I. The molecule has 0 spiro atoms. The van der Waals surface area contributed by atoms with Gasteiger partial charge in [-0.3, -0.25) is 4.99 Å². The molecule has 2 N–H and O–H groups in total. The van der Waals surface area contributed by atoms with Gasteiger partial charge >= 0.3 is 0 Å². The van der Waals surface area contributed by atoms with Crippen LogP contribution in [0, 0.1) is 11.7 Å². The zero-order valence-electron chi connectivity index (χ0n) is 15.9. The van der Waals surface area contributed by atoms with E-state index in [0.717, 1.165) is 11.1 Å². The maximum Gasteiger partial charge on any atom is 0.191 e. The van der Waals surface area contributed by atoms with E-state index in [0.29, 0.717) is 35.9 Å². The molecule has 0 radical (unpaired) electrons. The molecule has 152 valence electrons. The number of rotatable bonds is 7. The Bertz CT molecular complexity index is 799. The van der Waals surface area contributed by atoms with Crippen LogP contribution in [0.4, 0.5) is 4.39 Å². The molecule has 0 aliphatic heterocycles. The number of benzene rings is 1. The normalized spacial score (nSPS) is 14.8. The first-order valence-corrected chi connectivity index (χ1v) is 9.43. The molecule has 1 aliphatic carbocycles. The van der Waals surface area contributed by atoms with Gasteiger partial charge in [-0.05, 0) is 55.0 Å². The summed E-state index contributed by atoms with van der Waals surface area (Å²) in [5.74, 6) is 1.19. The van der Waals surface area contributed by atoms with E-state index in [1.54, 1.807) is 25.4 Å². The summed E-state index contributed by atoms with van der Waals surface area (Å²) in [5.41, 5.74) is 1.81. The molecule has 0 amide bonds. The fourth-order valence-electron chi connectivity index (χ4n) is 2.58. The van der Waals surface area contributed by atoms with Crippen LogP contribution in [0.15, 0.2) is 41.5 Å². The van der Waals surface area contributed by atoms with Crippen molar-refractivity contribution in [3.8, 4) is 5.75 Å². The molecule has 1 aromatic heterocycles. The first-order valence-electron chi connectivity index (χ1n) is 9.05. The number of aromatic nitrogens is 1. The van der Waals surface area contributed by atoms with Crippen LogP contribution in [0.25, 0.3) is 0 Å². The highest BCUT2D eigenvalue weighted by Crippen LogP contribution is 2.30. The van der Waals surface area contributed by atoms with E-state index in [1.165, 1.54) is 18.9 Å². The van der Waals surface area contributed by atoms with E-state index >= 15 is 0 Å². The number of ether oxygens (including phenoxy) is 1. The lowest BCUT2D eigenvalue weighted by atomic mass is 10.1. The van der Waals surface area contributed by atoms with E-state index in [-0.39, 0.29) is 35.8 Å². The Kier molecular flexibility index (Phi) is 8.75. The largest absolute Gasteiger partial charge is 0.490 e. The van der Waals surface area contributed by atoms with Crippen LogP contribution in [0.1, 0.15) is 36.9 Å². The molecule has 0 bridgehead atoms. The van der Waals surface area contributed by atoms with Crippen molar-refractivity contribution in [1.29, 1.82) is 0 Å². The van der Waals surface area contributed by atoms with E-state index < -0.39 is 0 Å². The maximum absolute atomic E-state index is 14.3. The lowest BCUT2D eigenvalue weighted by Crippen LogP contribution is -2.38. The third-order valence-corrected chi connectivity index (χ3v) is 4.68. The highest BCUT2D eigenvalue weighted by molar-refractivity contribution is 14.0. The van der Waals surface area contributed by atoms with Crippen LogP contribution in [0.5, 0.6) is 5.75 Å². The number of aliphatic imine (C=N–C) groups is 1. The number of guanidine groups is 1. The van der Waals surface area contributed by atoms with Crippen molar-refractivity contribution in [3.05, 3.63) is 58.6 Å². The minimum atomic E-state index is -0.336. The number of halogens is 3. The molecule has 0 saturated heterocycles. The summed E-state index contributed by atoms with van der Waals surface area (Å²) in [7, 11) is 1.69. The molecule has 28 heavy (non-hydrogen) atoms. The van der Waals surface area contributed by atoms with Crippen molar-refractivity contribution in [1.82, 2.24) is 15.6 Å². The minimum absolute atomic E-state index is 0. The smallest absolute Gasteiger partial charge is 0.191 e. The summed E-state index contributed by atoms with van der Waals surface area (Å²) in [4.78, 5) is 8.26. The van der Waals surface area contributed by atoms with Crippen LogP contribution < -0.4 is 15.4 Å². The van der Waals surface area contributed by atoms with Gasteiger partial charge < -0.3 is 15.4 Å². The lowest BCUT2D eigenvalue weighted by Gasteiger charge is -2.19. The Balaban J connectivity index is 0.00000280. The van der Waals surface area contributed by atoms with Crippen LogP contribution in [-0.2, 0) is 6.54 Å². The summed E-state index contributed by atoms with van der Waals surface area (Å²) in [5, 5.41) is 6.92. The van der Waals surface area contributed by atoms with Crippen molar-refractivity contribution in [3.63, 3.8) is 0 Å².